The number of nitrogen functional groups attached to an aromatic ring is 1. The lowest BCUT2D eigenvalue weighted by Gasteiger charge is -2.42. The van der Waals surface area contributed by atoms with Crippen LogP contribution in [0.5, 0.6) is 0 Å². The van der Waals surface area contributed by atoms with Crippen molar-refractivity contribution in [2.45, 2.75) is 63.6 Å². The first-order valence-electron chi connectivity index (χ1n) is 10.6. The van der Waals surface area contributed by atoms with Gasteiger partial charge in [-0.3, -0.25) is 24.3 Å². The van der Waals surface area contributed by atoms with Crippen LogP contribution in [0.1, 0.15) is 27.0 Å². The minimum Gasteiger partial charge on any atom is -0.467 e. The third-order valence-electron chi connectivity index (χ3n) is 5.29. The van der Waals surface area contributed by atoms with Crippen molar-refractivity contribution in [2.75, 3.05) is 12.8 Å². The molecular weight excluding hydrogens is 486 g/mol. The van der Waals surface area contributed by atoms with Crippen molar-refractivity contribution in [3.8, 4) is 0 Å². The van der Waals surface area contributed by atoms with Crippen molar-refractivity contribution in [3.63, 3.8) is 0 Å². The van der Waals surface area contributed by atoms with E-state index in [2.05, 4.69) is 10.3 Å². The molecule has 0 spiro atoms. The summed E-state index contributed by atoms with van der Waals surface area (Å²) < 4.78 is 28.2. The van der Waals surface area contributed by atoms with Gasteiger partial charge in [0.05, 0.1) is 13.2 Å². The summed E-state index contributed by atoms with van der Waals surface area (Å²) in [7, 11) is 1.06. The molecule has 3 amide bonds. The van der Waals surface area contributed by atoms with E-state index in [0.29, 0.717) is 0 Å². The van der Waals surface area contributed by atoms with Gasteiger partial charge in [-0.1, -0.05) is 0 Å². The summed E-state index contributed by atoms with van der Waals surface area (Å²) in [6.45, 7) is 3.26. The fourth-order valence-electron chi connectivity index (χ4n) is 4.04. The largest absolute Gasteiger partial charge is 0.467 e. The van der Waals surface area contributed by atoms with E-state index in [4.69, 9.17) is 29.4 Å². The molecule has 16 nitrogen and oxygen atoms in total. The summed E-state index contributed by atoms with van der Waals surface area (Å²) in [6.07, 6.45) is -7.07. The lowest BCUT2D eigenvalue weighted by atomic mass is 9.91. The zero-order chi connectivity index (χ0) is 26.7. The molecule has 0 bridgehead atoms. The van der Waals surface area contributed by atoms with Crippen LogP contribution in [0.2, 0.25) is 0 Å². The molecule has 0 radical (unpaired) electrons. The molecule has 4 N–H and O–H groups in total. The molecule has 0 saturated carbocycles. The van der Waals surface area contributed by atoms with E-state index in [9.17, 15) is 28.8 Å². The molecule has 3 rings (SSSR count). The molecule has 2 saturated heterocycles. The maximum atomic E-state index is 12.6. The minimum atomic E-state index is -1.61. The number of imide groups is 1. The number of hydrogen-bond donors (Lipinski definition) is 3. The summed E-state index contributed by atoms with van der Waals surface area (Å²) in [4.78, 5) is 76.3. The average Bonchev–Trinajstić information content (AvgIpc) is 3.11. The van der Waals surface area contributed by atoms with Crippen LogP contribution in [-0.2, 0) is 42.9 Å². The predicted molar refractivity (Wildman–Crippen MR) is 115 cm³/mol. The molecule has 2 aliphatic rings. The number of ether oxygens (including phenoxy) is 5. The highest BCUT2D eigenvalue weighted by Gasteiger charge is 2.61. The van der Waals surface area contributed by atoms with Crippen LogP contribution in [-0.4, -0.2) is 83.1 Å². The van der Waals surface area contributed by atoms with Gasteiger partial charge in [0.25, 0.3) is 0 Å². The van der Waals surface area contributed by atoms with Crippen LogP contribution in [0, 0.1) is 0 Å². The number of carbonyl (C=O) groups is 5. The number of amides is 3. The lowest BCUT2D eigenvalue weighted by Crippen LogP contribution is -2.67. The Balaban J connectivity index is 2.10. The second-order valence-corrected chi connectivity index (χ2v) is 7.91. The number of anilines is 1. The molecule has 2 aliphatic heterocycles. The fourth-order valence-corrected chi connectivity index (χ4v) is 4.04. The molecule has 1 aromatic heterocycles. The molecule has 196 valence electrons. The number of methoxy groups -OCH3 is 1. The average molecular weight is 511 g/mol. The Labute approximate surface area is 203 Å². The Bertz CT molecular complexity index is 1120. The third kappa shape index (κ3) is 5.60. The highest BCUT2D eigenvalue weighted by Crippen LogP contribution is 2.40. The molecule has 36 heavy (non-hydrogen) atoms. The van der Waals surface area contributed by atoms with E-state index < -0.39 is 78.3 Å². The SMILES string of the molecule is COC(=O)[C@H]1O[C@@H]2[C@H](O[C@@H](n3ccc(N)nc3=O)[C@@H]2OC(C)=O)[C@H](NC(=O)NC(C)=O)[C@H]1OC(C)=O. The Kier molecular flexibility index (Phi) is 7.89. The number of rotatable bonds is 5. The van der Waals surface area contributed by atoms with E-state index in [1.165, 1.54) is 12.3 Å². The molecule has 0 aliphatic carbocycles. The van der Waals surface area contributed by atoms with Crippen molar-refractivity contribution in [1.82, 2.24) is 20.2 Å². The van der Waals surface area contributed by atoms with Gasteiger partial charge >= 0.3 is 29.6 Å². The Morgan fingerprint density at radius 3 is 2.22 bits per heavy atom. The second-order valence-electron chi connectivity index (χ2n) is 7.91. The van der Waals surface area contributed by atoms with E-state index in [1.54, 1.807) is 0 Å². The van der Waals surface area contributed by atoms with Gasteiger partial charge in [-0.25, -0.2) is 14.4 Å². The normalized spacial score (nSPS) is 28.8. The first-order chi connectivity index (χ1) is 16.9. The first-order valence-corrected chi connectivity index (χ1v) is 10.6. The van der Waals surface area contributed by atoms with Crippen LogP contribution in [0.15, 0.2) is 17.1 Å². The molecule has 7 atom stereocenters. The minimum absolute atomic E-state index is 0.0759. The van der Waals surface area contributed by atoms with E-state index >= 15 is 0 Å². The number of urea groups is 1. The van der Waals surface area contributed by atoms with E-state index in [0.717, 1.165) is 32.4 Å². The standard InChI is InChI=1S/C20H25N5O11/c1-7(26)22-19(30)24-11-12-14(35-16(18(29)32-4)13(11)33-8(2)27)15(34-9(3)28)17(36-12)25-6-5-10(21)23-20(25)31/h5-6,11-17H,1-4H3,(H2,21,23,31)(H2,22,24,26,30)/t11-,12+,13+,14+,15+,16-,17+/m0/s1. The van der Waals surface area contributed by atoms with E-state index in [1.807, 2.05) is 5.32 Å². The quantitative estimate of drug-likeness (QED) is 0.281. The smallest absolute Gasteiger partial charge is 0.351 e. The summed E-state index contributed by atoms with van der Waals surface area (Å²) >= 11 is 0. The Morgan fingerprint density at radius 2 is 1.67 bits per heavy atom. The molecule has 3 heterocycles. The third-order valence-corrected chi connectivity index (χ3v) is 5.29. The number of esters is 3. The number of nitrogens with two attached hydrogens (primary N) is 1. The zero-order valence-corrected chi connectivity index (χ0v) is 19.7. The van der Waals surface area contributed by atoms with Crippen LogP contribution in [0.4, 0.5) is 10.6 Å². The number of aromatic nitrogens is 2. The second kappa shape index (κ2) is 10.7. The van der Waals surface area contributed by atoms with Crippen LogP contribution in [0.25, 0.3) is 0 Å². The van der Waals surface area contributed by atoms with Gasteiger partial charge in [0.2, 0.25) is 5.91 Å². The lowest BCUT2D eigenvalue weighted by molar-refractivity contribution is -0.211. The van der Waals surface area contributed by atoms with Crippen LogP contribution >= 0.6 is 0 Å². The number of nitrogens with one attached hydrogen (secondary N) is 2. The maximum Gasteiger partial charge on any atom is 0.351 e. The zero-order valence-electron chi connectivity index (χ0n) is 19.7. The van der Waals surface area contributed by atoms with Crippen molar-refractivity contribution < 1.29 is 47.7 Å². The molecular formula is C20H25N5O11. The van der Waals surface area contributed by atoms with Crippen LogP contribution < -0.4 is 22.1 Å². The predicted octanol–water partition coefficient (Wildman–Crippen LogP) is -2.26. The van der Waals surface area contributed by atoms with Crippen molar-refractivity contribution >= 4 is 35.7 Å². The molecule has 16 heteroatoms. The molecule has 2 fully saturated rings. The number of fused-ring (bicyclic) bond motifs is 1. The van der Waals surface area contributed by atoms with Gasteiger partial charge in [0.1, 0.15) is 18.0 Å². The van der Waals surface area contributed by atoms with Crippen molar-refractivity contribution in [2.24, 2.45) is 0 Å². The highest BCUT2D eigenvalue weighted by atomic mass is 16.7. The van der Waals surface area contributed by atoms with E-state index in [-0.39, 0.29) is 5.82 Å². The number of hydrogen-bond acceptors (Lipinski definition) is 13. The number of carbonyl (C=O) groups excluding carboxylic acids is 5. The maximum absolute atomic E-state index is 12.6. The Morgan fingerprint density at radius 1 is 1.03 bits per heavy atom. The van der Waals surface area contributed by atoms with Gasteiger partial charge in [-0.05, 0) is 6.07 Å². The van der Waals surface area contributed by atoms with Gasteiger partial charge < -0.3 is 34.7 Å². The molecule has 0 aromatic carbocycles. The van der Waals surface area contributed by atoms with Gasteiger partial charge in [-0.2, -0.15) is 4.98 Å². The van der Waals surface area contributed by atoms with Crippen molar-refractivity contribution in [1.29, 1.82) is 0 Å². The summed E-state index contributed by atoms with van der Waals surface area (Å²) in [5.41, 5.74) is 4.70. The topological polar surface area (TPSA) is 216 Å². The molecule has 1 aromatic rings. The van der Waals surface area contributed by atoms with Crippen LogP contribution in [0.3, 0.4) is 0 Å². The van der Waals surface area contributed by atoms with Gasteiger partial charge in [-0.15, -0.1) is 0 Å². The monoisotopic (exact) mass is 511 g/mol. The summed E-state index contributed by atoms with van der Waals surface area (Å²) in [5, 5.41) is 4.43. The Hall–Kier alpha value is -4.05. The van der Waals surface area contributed by atoms with Gasteiger partial charge in [0.15, 0.2) is 24.5 Å². The highest BCUT2D eigenvalue weighted by molar-refractivity contribution is 5.93. The summed E-state index contributed by atoms with van der Waals surface area (Å²) in [5.74, 6) is -3.36. The van der Waals surface area contributed by atoms with Crippen molar-refractivity contribution in [3.05, 3.63) is 22.7 Å². The summed E-state index contributed by atoms with van der Waals surface area (Å²) in [6, 6.07) is -1.04. The fraction of sp³-hybridized carbons (Fsp3) is 0.550. The van der Waals surface area contributed by atoms with Gasteiger partial charge in [0, 0.05) is 27.0 Å². The number of nitrogens with zero attached hydrogens (tertiary/aromatic N) is 2. The first kappa shape index (κ1) is 26.6. The molecule has 0 unspecified atom stereocenters.